The Kier molecular flexibility index (Phi) is 5.96. The van der Waals surface area contributed by atoms with E-state index in [1.54, 1.807) is 0 Å². The summed E-state index contributed by atoms with van der Waals surface area (Å²) in [7, 11) is 0. The number of anilines is 1. The average molecular weight is 371 g/mol. The lowest BCUT2D eigenvalue weighted by atomic mass is 9.96. The van der Waals surface area contributed by atoms with Crippen LogP contribution in [0.25, 0.3) is 22.4 Å². The van der Waals surface area contributed by atoms with Crippen LogP contribution in [-0.4, -0.2) is 11.6 Å². The first kappa shape index (κ1) is 19.4. The summed E-state index contributed by atoms with van der Waals surface area (Å²) in [6.07, 6.45) is 1.04. The second-order valence-corrected chi connectivity index (χ2v) is 7.15. The lowest BCUT2D eigenvalue weighted by molar-refractivity contribution is 0.341. The highest BCUT2D eigenvalue weighted by atomic mass is 16.5. The first-order valence-corrected chi connectivity index (χ1v) is 9.55. The van der Waals surface area contributed by atoms with Crippen molar-refractivity contribution in [1.82, 2.24) is 4.98 Å². The van der Waals surface area contributed by atoms with E-state index in [9.17, 15) is 5.26 Å². The Balaban J connectivity index is 2.10. The van der Waals surface area contributed by atoms with E-state index in [-0.39, 0.29) is 5.82 Å². The van der Waals surface area contributed by atoms with Gasteiger partial charge in [-0.3, -0.25) is 0 Å². The van der Waals surface area contributed by atoms with E-state index in [0.717, 1.165) is 34.6 Å². The Morgan fingerprint density at radius 1 is 1.07 bits per heavy atom. The number of nitriles is 1. The summed E-state index contributed by atoms with van der Waals surface area (Å²) in [5.74, 6) is 1.56. The van der Waals surface area contributed by atoms with Crippen molar-refractivity contribution in [2.24, 2.45) is 5.92 Å². The molecule has 0 atom stereocenters. The minimum atomic E-state index is 0.229. The van der Waals surface area contributed by atoms with Gasteiger partial charge in [-0.05, 0) is 37.0 Å². The third-order valence-electron chi connectivity index (χ3n) is 4.53. The highest BCUT2D eigenvalue weighted by molar-refractivity contribution is 5.83. The zero-order chi connectivity index (χ0) is 20.1. The number of hydrogen-bond donors (Lipinski definition) is 1. The SMILES string of the molecule is CCOc1ccccc1-c1cc(-c2ccc(CC(C)C)cc2)nc(N)c1C#N. The van der Waals surface area contributed by atoms with Crippen LogP contribution in [-0.2, 0) is 6.42 Å². The zero-order valence-electron chi connectivity index (χ0n) is 16.6. The van der Waals surface area contributed by atoms with Crippen molar-refractivity contribution in [3.8, 4) is 34.2 Å². The number of benzene rings is 2. The van der Waals surface area contributed by atoms with Crippen molar-refractivity contribution in [3.63, 3.8) is 0 Å². The summed E-state index contributed by atoms with van der Waals surface area (Å²) in [6.45, 7) is 6.90. The second kappa shape index (κ2) is 8.58. The van der Waals surface area contributed by atoms with Crippen molar-refractivity contribution < 1.29 is 4.74 Å². The third-order valence-corrected chi connectivity index (χ3v) is 4.53. The highest BCUT2D eigenvalue weighted by Crippen LogP contribution is 2.36. The van der Waals surface area contributed by atoms with Crippen LogP contribution in [0.15, 0.2) is 54.6 Å². The average Bonchev–Trinajstić information content (AvgIpc) is 2.68. The Hall–Kier alpha value is -3.32. The van der Waals surface area contributed by atoms with Crippen molar-refractivity contribution >= 4 is 5.82 Å². The number of nitrogens with two attached hydrogens (primary N) is 1. The van der Waals surface area contributed by atoms with Crippen LogP contribution >= 0.6 is 0 Å². The molecule has 28 heavy (non-hydrogen) atoms. The normalized spacial score (nSPS) is 10.7. The number of nitrogen functional groups attached to an aromatic ring is 1. The van der Waals surface area contributed by atoms with Gasteiger partial charge in [-0.25, -0.2) is 4.98 Å². The Morgan fingerprint density at radius 3 is 2.43 bits per heavy atom. The molecular formula is C24H25N3O. The molecule has 0 aliphatic rings. The molecule has 0 saturated carbocycles. The van der Waals surface area contributed by atoms with Crippen LogP contribution in [0.4, 0.5) is 5.82 Å². The zero-order valence-corrected chi connectivity index (χ0v) is 16.6. The predicted molar refractivity (Wildman–Crippen MR) is 114 cm³/mol. The predicted octanol–water partition coefficient (Wildman–Crippen LogP) is 5.47. The van der Waals surface area contributed by atoms with E-state index >= 15 is 0 Å². The molecule has 1 aromatic heterocycles. The minimum Gasteiger partial charge on any atom is -0.493 e. The van der Waals surface area contributed by atoms with Gasteiger partial charge >= 0.3 is 0 Å². The van der Waals surface area contributed by atoms with Gasteiger partial charge in [-0.1, -0.05) is 56.3 Å². The summed E-state index contributed by atoms with van der Waals surface area (Å²) in [5.41, 5.74) is 11.1. The summed E-state index contributed by atoms with van der Waals surface area (Å²) in [5, 5.41) is 9.65. The van der Waals surface area contributed by atoms with Crippen molar-refractivity contribution in [2.75, 3.05) is 12.3 Å². The molecule has 4 nitrogen and oxygen atoms in total. The molecule has 1 heterocycles. The van der Waals surface area contributed by atoms with E-state index in [4.69, 9.17) is 10.5 Å². The highest BCUT2D eigenvalue weighted by Gasteiger charge is 2.16. The van der Waals surface area contributed by atoms with Gasteiger partial charge in [0.2, 0.25) is 0 Å². The van der Waals surface area contributed by atoms with E-state index < -0.39 is 0 Å². The maximum absolute atomic E-state index is 9.65. The topological polar surface area (TPSA) is 71.9 Å². The first-order chi connectivity index (χ1) is 13.5. The first-order valence-electron chi connectivity index (χ1n) is 9.55. The van der Waals surface area contributed by atoms with Gasteiger partial charge in [0.15, 0.2) is 0 Å². The third kappa shape index (κ3) is 4.15. The molecule has 2 aromatic carbocycles. The molecule has 0 spiro atoms. The molecule has 142 valence electrons. The number of rotatable bonds is 6. The Morgan fingerprint density at radius 2 is 1.79 bits per heavy atom. The van der Waals surface area contributed by atoms with Crippen LogP contribution < -0.4 is 10.5 Å². The fraction of sp³-hybridized carbons (Fsp3) is 0.250. The molecule has 0 unspecified atom stereocenters. The second-order valence-electron chi connectivity index (χ2n) is 7.15. The molecule has 0 bridgehead atoms. The molecule has 4 heteroatoms. The molecule has 0 radical (unpaired) electrons. The smallest absolute Gasteiger partial charge is 0.142 e. The molecule has 3 rings (SSSR count). The standard InChI is InChI=1S/C24H25N3O/c1-4-28-23-8-6-5-7-19(23)20-14-22(27-24(26)21(20)15-25)18-11-9-17(10-12-18)13-16(2)3/h5-12,14,16H,4,13H2,1-3H3,(H2,26,27). The summed E-state index contributed by atoms with van der Waals surface area (Å²) in [4.78, 5) is 4.48. The lowest BCUT2D eigenvalue weighted by Gasteiger charge is -2.14. The van der Waals surface area contributed by atoms with Gasteiger partial charge in [-0.2, -0.15) is 5.26 Å². The number of hydrogen-bond acceptors (Lipinski definition) is 4. The minimum absolute atomic E-state index is 0.229. The number of aromatic nitrogens is 1. The van der Waals surface area contributed by atoms with Crippen LogP contribution in [0.5, 0.6) is 5.75 Å². The number of nitrogens with zero attached hydrogens (tertiary/aromatic N) is 2. The molecule has 0 aliphatic heterocycles. The van der Waals surface area contributed by atoms with Crippen molar-refractivity contribution in [2.45, 2.75) is 27.2 Å². The number of ether oxygens (including phenoxy) is 1. The Labute approximate surface area is 166 Å². The maximum Gasteiger partial charge on any atom is 0.142 e. The quantitative estimate of drug-likeness (QED) is 0.624. The maximum atomic E-state index is 9.65. The van der Waals surface area contributed by atoms with Gasteiger partial charge in [-0.15, -0.1) is 0 Å². The largest absolute Gasteiger partial charge is 0.493 e. The molecule has 0 saturated heterocycles. The van der Waals surface area contributed by atoms with Crippen LogP contribution in [0.2, 0.25) is 0 Å². The Bertz CT molecular complexity index is 1000. The van der Waals surface area contributed by atoms with Crippen molar-refractivity contribution in [3.05, 3.63) is 65.7 Å². The lowest BCUT2D eigenvalue weighted by Crippen LogP contribution is -2.01. The summed E-state index contributed by atoms with van der Waals surface area (Å²) in [6, 6.07) is 20.2. The summed E-state index contributed by atoms with van der Waals surface area (Å²) >= 11 is 0. The molecular weight excluding hydrogens is 346 g/mol. The van der Waals surface area contributed by atoms with E-state index in [2.05, 4.69) is 49.2 Å². The number of para-hydroxylation sites is 1. The molecule has 2 N–H and O–H groups in total. The van der Waals surface area contributed by atoms with E-state index in [0.29, 0.717) is 18.1 Å². The molecule has 0 amide bonds. The van der Waals surface area contributed by atoms with Crippen LogP contribution in [0.3, 0.4) is 0 Å². The molecule has 0 aliphatic carbocycles. The van der Waals surface area contributed by atoms with Crippen molar-refractivity contribution in [1.29, 1.82) is 5.26 Å². The summed E-state index contributed by atoms with van der Waals surface area (Å²) < 4.78 is 5.76. The van der Waals surface area contributed by atoms with Crippen LogP contribution in [0, 0.1) is 17.2 Å². The number of pyridine rings is 1. The fourth-order valence-electron chi connectivity index (χ4n) is 3.30. The fourth-order valence-corrected chi connectivity index (χ4v) is 3.30. The molecule has 3 aromatic rings. The van der Waals surface area contributed by atoms with Crippen LogP contribution in [0.1, 0.15) is 31.9 Å². The van der Waals surface area contributed by atoms with Gasteiger partial charge in [0.1, 0.15) is 23.2 Å². The molecule has 0 fully saturated rings. The monoisotopic (exact) mass is 371 g/mol. The van der Waals surface area contributed by atoms with Gasteiger partial charge in [0, 0.05) is 16.7 Å². The van der Waals surface area contributed by atoms with Gasteiger partial charge in [0.05, 0.1) is 12.3 Å². The van der Waals surface area contributed by atoms with E-state index in [1.807, 2.05) is 37.3 Å². The van der Waals surface area contributed by atoms with Gasteiger partial charge in [0.25, 0.3) is 0 Å². The van der Waals surface area contributed by atoms with Gasteiger partial charge < -0.3 is 10.5 Å². The van der Waals surface area contributed by atoms with E-state index in [1.165, 1.54) is 5.56 Å².